The smallest absolute Gasteiger partial charge is 0.321 e. The predicted octanol–water partition coefficient (Wildman–Crippen LogP) is 0.711. The molecule has 1 aliphatic rings. The van der Waals surface area contributed by atoms with Crippen LogP contribution in [0.25, 0.3) is 0 Å². The first kappa shape index (κ1) is 23.4. The van der Waals surface area contributed by atoms with Crippen LogP contribution in [0, 0.1) is 17.3 Å². The van der Waals surface area contributed by atoms with Crippen LogP contribution in [0.3, 0.4) is 0 Å². The van der Waals surface area contributed by atoms with Gasteiger partial charge in [0.1, 0.15) is 12.1 Å². The van der Waals surface area contributed by atoms with Crippen LogP contribution in [-0.2, 0) is 19.1 Å². The third kappa shape index (κ3) is 6.77. The number of likely N-dealkylation sites (N-methyl/N-ethyl adjacent to an activating group) is 1. The van der Waals surface area contributed by atoms with Crippen LogP contribution in [0.4, 0.5) is 0 Å². The Morgan fingerprint density at radius 3 is 2.07 bits per heavy atom. The number of carboxylic acid groups (broad SMARTS) is 1. The zero-order valence-corrected chi connectivity index (χ0v) is 17.4. The lowest BCUT2D eigenvalue weighted by atomic mass is 9.84. The second-order valence-corrected chi connectivity index (χ2v) is 8.59. The molecule has 8 nitrogen and oxygen atoms in total. The molecule has 1 fully saturated rings. The van der Waals surface area contributed by atoms with Crippen molar-refractivity contribution in [3.05, 3.63) is 0 Å². The van der Waals surface area contributed by atoms with Gasteiger partial charge in [0.15, 0.2) is 0 Å². The monoisotopic (exact) mass is 385 g/mol. The topological polar surface area (TPSA) is 108 Å². The van der Waals surface area contributed by atoms with Gasteiger partial charge in [-0.05, 0) is 17.8 Å². The zero-order valence-electron chi connectivity index (χ0n) is 17.4. The van der Waals surface area contributed by atoms with Crippen LogP contribution in [0.15, 0.2) is 0 Å². The van der Waals surface area contributed by atoms with Gasteiger partial charge >= 0.3 is 5.97 Å². The summed E-state index contributed by atoms with van der Waals surface area (Å²) >= 11 is 0. The third-order valence-corrected chi connectivity index (χ3v) is 4.80. The van der Waals surface area contributed by atoms with Crippen molar-refractivity contribution in [1.29, 1.82) is 0 Å². The molecule has 1 aliphatic heterocycles. The van der Waals surface area contributed by atoms with Crippen molar-refractivity contribution in [1.82, 2.24) is 15.5 Å². The van der Waals surface area contributed by atoms with Gasteiger partial charge in [-0.15, -0.1) is 0 Å². The third-order valence-electron chi connectivity index (χ3n) is 4.80. The zero-order chi connectivity index (χ0) is 20.8. The standard InChI is InChI=1S/C19H35N3O5/c1-12(2)11-13(14(18(25)26)22-7-9-27-10-8-22)16(23)21-15(17(24)20-6)19(3,4)5/h12-15H,7-11H2,1-6H3,(H,20,24)(H,21,23)(H,25,26)/t13-,14+,15-/m1/s1. The minimum absolute atomic E-state index is 0.136. The van der Waals surface area contributed by atoms with Crippen LogP contribution in [0.5, 0.6) is 0 Å². The molecule has 27 heavy (non-hydrogen) atoms. The lowest BCUT2D eigenvalue weighted by molar-refractivity contribution is -0.152. The van der Waals surface area contributed by atoms with Crippen molar-refractivity contribution < 1.29 is 24.2 Å². The Kier molecular flexibility index (Phi) is 8.68. The van der Waals surface area contributed by atoms with Crippen molar-refractivity contribution in [2.75, 3.05) is 33.4 Å². The molecule has 2 amide bonds. The summed E-state index contributed by atoms with van der Waals surface area (Å²) in [5.41, 5.74) is -0.504. The van der Waals surface area contributed by atoms with Crippen molar-refractivity contribution in [3.8, 4) is 0 Å². The van der Waals surface area contributed by atoms with Gasteiger partial charge in [-0.1, -0.05) is 34.6 Å². The van der Waals surface area contributed by atoms with E-state index in [1.807, 2.05) is 34.6 Å². The first-order valence-corrected chi connectivity index (χ1v) is 9.55. The number of hydrogen-bond acceptors (Lipinski definition) is 5. The summed E-state index contributed by atoms with van der Waals surface area (Å²) < 4.78 is 5.32. The van der Waals surface area contributed by atoms with E-state index >= 15 is 0 Å². The normalized spacial score (nSPS) is 19.2. The van der Waals surface area contributed by atoms with E-state index in [1.165, 1.54) is 7.05 Å². The number of rotatable bonds is 8. The molecule has 156 valence electrons. The van der Waals surface area contributed by atoms with E-state index in [9.17, 15) is 19.5 Å². The highest BCUT2D eigenvalue weighted by Crippen LogP contribution is 2.25. The van der Waals surface area contributed by atoms with Gasteiger partial charge in [0, 0.05) is 20.1 Å². The Morgan fingerprint density at radius 1 is 1.11 bits per heavy atom. The molecular weight excluding hydrogens is 350 g/mol. The number of carbonyl (C=O) groups excluding carboxylic acids is 2. The fraction of sp³-hybridized carbons (Fsp3) is 0.842. The molecule has 0 aromatic carbocycles. The summed E-state index contributed by atoms with van der Waals surface area (Å²) in [6.45, 7) is 11.3. The number of ether oxygens (including phenoxy) is 1. The minimum Gasteiger partial charge on any atom is -0.480 e. The van der Waals surface area contributed by atoms with E-state index in [1.54, 1.807) is 4.90 Å². The lowest BCUT2D eigenvalue weighted by Crippen LogP contribution is -2.59. The largest absolute Gasteiger partial charge is 0.480 e. The number of carbonyl (C=O) groups is 3. The van der Waals surface area contributed by atoms with Crippen molar-refractivity contribution >= 4 is 17.8 Å². The molecule has 0 aromatic rings. The predicted molar refractivity (Wildman–Crippen MR) is 102 cm³/mol. The number of amides is 2. The van der Waals surface area contributed by atoms with Crippen LogP contribution in [0.2, 0.25) is 0 Å². The molecule has 1 rings (SSSR count). The molecule has 1 heterocycles. The van der Waals surface area contributed by atoms with E-state index in [0.29, 0.717) is 32.7 Å². The van der Waals surface area contributed by atoms with Gasteiger partial charge in [0.05, 0.1) is 19.1 Å². The molecule has 3 atom stereocenters. The van der Waals surface area contributed by atoms with Crippen molar-refractivity contribution in [2.45, 2.75) is 53.1 Å². The molecule has 1 saturated heterocycles. The molecule has 0 bridgehead atoms. The maximum absolute atomic E-state index is 13.1. The highest BCUT2D eigenvalue weighted by molar-refractivity contribution is 5.91. The Hall–Kier alpha value is -1.67. The maximum atomic E-state index is 13.1. The summed E-state index contributed by atoms with van der Waals surface area (Å²) in [6.07, 6.45) is 0.421. The number of aliphatic carboxylic acids is 1. The molecule has 0 aliphatic carbocycles. The van der Waals surface area contributed by atoms with Crippen LogP contribution in [0.1, 0.15) is 41.0 Å². The summed E-state index contributed by atoms with van der Waals surface area (Å²) in [6, 6.07) is -1.69. The first-order chi connectivity index (χ1) is 12.5. The van der Waals surface area contributed by atoms with Gasteiger partial charge < -0.3 is 20.5 Å². The van der Waals surface area contributed by atoms with Crippen LogP contribution < -0.4 is 10.6 Å². The van der Waals surface area contributed by atoms with E-state index < -0.39 is 35.3 Å². The van der Waals surface area contributed by atoms with Gasteiger partial charge in [0.2, 0.25) is 11.8 Å². The van der Waals surface area contributed by atoms with Gasteiger partial charge in [-0.25, -0.2) is 0 Å². The molecule has 3 N–H and O–H groups in total. The summed E-state index contributed by atoms with van der Waals surface area (Å²) in [5.74, 6) is -2.33. The number of carboxylic acids is 1. The Labute approximate surface area is 162 Å². The highest BCUT2D eigenvalue weighted by Gasteiger charge is 2.41. The minimum atomic E-state index is -1.02. The van der Waals surface area contributed by atoms with Crippen molar-refractivity contribution in [3.63, 3.8) is 0 Å². The first-order valence-electron chi connectivity index (χ1n) is 9.55. The SMILES string of the molecule is CNC(=O)[C@@H](NC(=O)[C@H](CC(C)C)[C@@H](C(=O)O)N1CCOCC1)C(C)(C)C. The highest BCUT2D eigenvalue weighted by atomic mass is 16.5. The molecule has 0 unspecified atom stereocenters. The number of nitrogens with zero attached hydrogens (tertiary/aromatic N) is 1. The molecule has 0 radical (unpaired) electrons. The van der Waals surface area contributed by atoms with Crippen LogP contribution >= 0.6 is 0 Å². The van der Waals surface area contributed by atoms with Gasteiger partial charge in [-0.2, -0.15) is 0 Å². The molecule has 0 saturated carbocycles. The Morgan fingerprint density at radius 2 is 1.67 bits per heavy atom. The van der Waals surface area contributed by atoms with E-state index in [0.717, 1.165) is 0 Å². The average molecular weight is 386 g/mol. The second kappa shape index (κ2) is 10.0. The van der Waals surface area contributed by atoms with Gasteiger partial charge in [0.25, 0.3) is 0 Å². The summed E-state index contributed by atoms with van der Waals surface area (Å²) in [5, 5.41) is 15.3. The molecular formula is C19H35N3O5. The average Bonchev–Trinajstić information content (AvgIpc) is 2.57. The summed E-state index contributed by atoms with van der Waals surface area (Å²) in [4.78, 5) is 39.3. The second-order valence-electron chi connectivity index (χ2n) is 8.59. The lowest BCUT2D eigenvalue weighted by Gasteiger charge is -2.38. The molecule has 8 heteroatoms. The van der Waals surface area contributed by atoms with E-state index in [-0.39, 0.29) is 11.8 Å². The van der Waals surface area contributed by atoms with E-state index in [4.69, 9.17) is 4.74 Å². The fourth-order valence-corrected chi connectivity index (χ4v) is 3.39. The van der Waals surface area contributed by atoms with E-state index in [2.05, 4.69) is 10.6 Å². The van der Waals surface area contributed by atoms with Crippen LogP contribution in [-0.4, -0.2) is 73.2 Å². The number of morpholine rings is 1. The Balaban J connectivity index is 3.12. The molecule has 0 aromatic heterocycles. The summed E-state index contributed by atoms with van der Waals surface area (Å²) in [7, 11) is 1.52. The number of nitrogens with one attached hydrogen (secondary N) is 2. The Bertz CT molecular complexity index is 524. The van der Waals surface area contributed by atoms with Gasteiger partial charge in [-0.3, -0.25) is 19.3 Å². The quantitative estimate of drug-likeness (QED) is 0.568. The fourth-order valence-electron chi connectivity index (χ4n) is 3.39. The molecule has 0 spiro atoms. The number of hydrogen-bond donors (Lipinski definition) is 3. The van der Waals surface area contributed by atoms with Crippen molar-refractivity contribution in [2.24, 2.45) is 17.3 Å². The maximum Gasteiger partial charge on any atom is 0.321 e.